The second-order valence-electron chi connectivity index (χ2n) is 4.41. The fourth-order valence-electron chi connectivity index (χ4n) is 1.74. The Balaban J connectivity index is 1.86. The summed E-state index contributed by atoms with van der Waals surface area (Å²) in [4.78, 5) is 18.7. The van der Waals surface area contributed by atoms with Crippen LogP contribution in [0.1, 0.15) is 5.69 Å². The minimum absolute atomic E-state index is 0.470. The van der Waals surface area contributed by atoms with Crippen molar-refractivity contribution < 1.29 is 0 Å². The molecule has 0 aliphatic carbocycles. The molecule has 1 N–H and O–H groups in total. The second-order valence-corrected chi connectivity index (χ2v) is 5.90. The van der Waals surface area contributed by atoms with Crippen LogP contribution < -0.4 is 5.32 Å². The lowest BCUT2D eigenvalue weighted by molar-refractivity contribution is 1.09. The molecule has 0 bridgehead atoms. The van der Waals surface area contributed by atoms with Gasteiger partial charge in [0.05, 0.1) is 5.02 Å². The summed E-state index contributed by atoms with van der Waals surface area (Å²) in [7, 11) is 0. The molecular formula is C15H12ClN5S. The van der Waals surface area contributed by atoms with E-state index in [9.17, 15) is 0 Å². The molecule has 7 heteroatoms. The first-order valence-corrected chi connectivity index (χ1v) is 7.71. The summed E-state index contributed by atoms with van der Waals surface area (Å²) >= 11 is 7.95. The maximum Gasteiger partial charge on any atom is 0.228 e. The van der Waals surface area contributed by atoms with Gasteiger partial charge in [-0.3, -0.25) is 4.98 Å². The first-order valence-electron chi connectivity index (χ1n) is 6.51. The highest BCUT2D eigenvalue weighted by Crippen LogP contribution is 2.36. The molecule has 0 spiro atoms. The van der Waals surface area contributed by atoms with Gasteiger partial charge < -0.3 is 5.32 Å². The van der Waals surface area contributed by atoms with Crippen LogP contribution in [0.5, 0.6) is 0 Å². The minimum atomic E-state index is 0.470. The van der Waals surface area contributed by atoms with E-state index in [-0.39, 0.29) is 0 Å². The van der Waals surface area contributed by atoms with Crippen LogP contribution in [0, 0.1) is 6.92 Å². The molecule has 3 heterocycles. The van der Waals surface area contributed by atoms with E-state index in [4.69, 9.17) is 11.6 Å². The average Bonchev–Trinajstić information content (AvgIpc) is 2.52. The van der Waals surface area contributed by atoms with Crippen molar-refractivity contribution in [2.24, 2.45) is 0 Å². The zero-order chi connectivity index (χ0) is 15.4. The molecular weight excluding hydrogens is 318 g/mol. The van der Waals surface area contributed by atoms with Crippen molar-refractivity contribution in [3.8, 4) is 0 Å². The first-order chi connectivity index (χ1) is 10.7. The fourth-order valence-corrected chi connectivity index (χ4v) is 2.85. The Morgan fingerprint density at radius 2 is 1.95 bits per heavy atom. The van der Waals surface area contributed by atoms with Crippen LogP contribution >= 0.6 is 23.4 Å². The third-order valence-corrected chi connectivity index (χ3v) is 4.27. The van der Waals surface area contributed by atoms with Gasteiger partial charge >= 0.3 is 0 Å². The summed E-state index contributed by atoms with van der Waals surface area (Å²) in [5.74, 6) is 0.999. The molecule has 3 aromatic heterocycles. The van der Waals surface area contributed by atoms with E-state index in [0.717, 1.165) is 15.5 Å². The number of pyridine rings is 2. The Bertz CT molecular complexity index is 782. The number of nitrogens with one attached hydrogen (secondary N) is 1. The number of aryl methyl sites for hydroxylation is 1. The van der Waals surface area contributed by atoms with Gasteiger partial charge in [0.1, 0.15) is 0 Å². The lowest BCUT2D eigenvalue weighted by atomic mass is 10.4. The van der Waals surface area contributed by atoms with Crippen LogP contribution in [0.25, 0.3) is 0 Å². The molecule has 22 heavy (non-hydrogen) atoms. The van der Waals surface area contributed by atoms with Gasteiger partial charge in [-0.25, -0.2) is 15.0 Å². The van der Waals surface area contributed by atoms with Crippen LogP contribution in [-0.4, -0.2) is 19.9 Å². The van der Waals surface area contributed by atoms with Gasteiger partial charge in [-0.1, -0.05) is 23.4 Å². The predicted octanol–water partition coefficient (Wildman–Crippen LogP) is 4.12. The molecule has 0 aromatic carbocycles. The highest BCUT2D eigenvalue weighted by molar-refractivity contribution is 7.99. The minimum Gasteiger partial charge on any atom is -0.307 e. The van der Waals surface area contributed by atoms with Crippen molar-refractivity contribution in [2.45, 2.75) is 16.7 Å². The summed E-state index contributed by atoms with van der Waals surface area (Å²) in [5.41, 5.74) is 0.870. The molecule has 0 fully saturated rings. The third kappa shape index (κ3) is 3.52. The predicted molar refractivity (Wildman–Crippen MR) is 87.7 cm³/mol. The van der Waals surface area contributed by atoms with Crippen LogP contribution in [0.4, 0.5) is 11.8 Å². The van der Waals surface area contributed by atoms with Crippen molar-refractivity contribution in [3.05, 3.63) is 59.8 Å². The Hall–Kier alpha value is -2.18. The van der Waals surface area contributed by atoms with E-state index in [1.165, 1.54) is 11.8 Å². The summed E-state index contributed by atoms with van der Waals surface area (Å²) in [6.07, 6.45) is 6.91. The number of aromatic nitrogens is 4. The van der Waals surface area contributed by atoms with Gasteiger partial charge in [0.2, 0.25) is 5.95 Å². The van der Waals surface area contributed by atoms with Crippen molar-refractivity contribution in [1.82, 2.24) is 19.9 Å². The van der Waals surface area contributed by atoms with E-state index >= 15 is 0 Å². The zero-order valence-corrected chi connectivity index (χ0v) is 13.3. The smallest absolute Gasteiger partial charge is 0.228 e. The molecule has 3 rings (SSSR count). The molecule has 5 nitrogen and oxygen atoms in total. The van der Waals surface area contributed by atoms with E-state index in [1.54, 1.807) is 24.8 Å². The number of hydrogen-bond acceptors (Lipinski definition) is 6. The zero-order valence-electron chi connectivity index (χ0n) is 11.7. The fraction of sp³-hybridized carbons (Fsp3) is 0.0667. The molecule has 0 aliphatic rings. The lowest BCUT2D eigenvalue weighted by Crippen LogP contribution is -2.00. The van der Waals surface area contributed by atoms with Crippen molar-refractivity contribution in [2.75, 3.05) is 5.32 Å². The summed E-state index contributed by atoms with van der Waals surface area (Å²) in [6.45, 7) is 1.90. The average molecular weight is 330 g/mol. The van der Waals surface area contributed by atoms with Crippen LogP contribution in [-0.2, 0) is 0 Å². The van der Waals surface area contributed by atoms with Crippen LogP contribution in [0.3, 0.4) is 0 Å². The monoisotopic (exact) mass is 329 g/mol. The SMILES string of the molecule is Cc1ccnc(Nc2nccc(Sc3cccnc3)c2Cl)n1. The Kier molecular flexibility index (Phi) is 4.50. The number of anilines is 2. The Morgan fingerprint density at radius 1 is 1.09 bits per heavy atom. The van der Waals surface area contributed by atoms with Crippen LogP contribution in [0.15, 0.2) is 58.8 Å². The molecule has 0 radical (unpaired) electrons. The number of hydrogen-bond donors (Lipinski definition) is 1. The molecule has 0 saturated heterocycles. The maximum atomic E-state index is 6.43. The second kappa shape index (κ2) is 6.72. The molecule has 0 saturated carbocycles. The molecule has 110 valence electrons. The summed E-state index contributed by atoms with van der Waals surface area (Å²) in [6, 6.07) is 7.56. The quantitative estimate of drug-likeness (QED) is 0.776. The van der Waals surface area contributed by atoms with Crippen molar-refractivity contribution in [3.63, 3.8) is 0 Å². The topological polar surface area (TPSA) is 63.6 Å². The first kappa shape index (κ1) is 14.7. The van der Waals surface area contributed by atoms with Gasteiger partial charge in [0.25, 0.3) is 0 Å². The van der Waals surface area contributed by atoms with Gasteiger partial charge in [-0.05, 0) is 31.2 Å². The van der Waals surface area contributed by atoms with Gasteiger partial charge in [0.15, 0.2) is 5.82 Å². The normalized spacial score (nSPS) is 10.5. The van der Waals surface area contributed by atoms with E-state index in [1.807, 2.05) is 31.2 Å². The lowest BCUT2D eigenvalue weighted by Gasteiger charge is -2.09. The largest absolute Gasteiger partial charge is 0.307 e. The van der Waals surface area contributed by atoms with E-state index in [0.29, 0.717) is 16.8 Å². The third-order valence-electron chi connectivity index (χ3n) is 2.74. The number of rotatable bonds is 4. The van der Waals surface area contributed by atoms with Gasteiger partial charge in [-0.15, -0.1) is 0 Å². The maximum absolute atomic E-state index is 6.43. The van der Waals surface area contributed by atoms with Gasteiger partial charge in [-0.2, -0.15) is 0 Å². The summed E-state index contributed by atoms with van der Waals surface area (Å²) < 4.78 is 0. The Labute approximate surface area is 137 Å². The van der Waals surface area contributed by atoms with Crippen molar-refractivity contribution >= 4 is 35.1 Å². The molecule has 3 aromatic rings. The van der Waals surface area contributed by atoms with E-state index < -0.39 is 0 Å². The molecule has 0 amide bonds. The van der Waals surface area contributed by atoms with Gasteiger partial charge in [0, 0.05) is 40.3 Å². The number of nitrogens with zero attached hydrogens (tertiary/aromatic N) is 4. The van der Waals surface area contributed by atoms with E-state index in [2.05, 4.69) is 25.3 Å². The highest BCUT2D eigenvalue weighted by atomic mass is 35.5. The Morgan fingerprint density at radius 3 is 2.73 bits per heavy atom. The van der Waals surface area contributed by atoms with Crippen LogP contribution in [0.2, 0.25) is 5.02 Å². The molecule has 0 aliphatic heterocycles. The highest BCUT2D eigenvalue weighted by Gasteiger charge is 2.10. The molecule has 0 atom stereocenters. The standard InChI is InChI=1S/C15H12ClN5S/c1-10-4-7-19-15(20-10)21-14-13(16)12(5-8-18-14)22-11-3-2-6-17-9-11/h2-9H,1H3,(H,18,19,20,21). The summed E-state index contributed by atoms with van der Waals surface area (Å²) in [5, 5.41) is 3.57. The van der Waals surface area contributed by atoms with Crippen molar-refractivity contribution in [1.29, 1.82) is 0 Å². The molecule has 0 unspecified atom stereocenters. The number of halogens is 1.